The number of rotatable bonds is 3. The first-order valence-electron chi connectivity index (χ1n) is 6.03. The molecule has 0 amide bonds. The Morgan fingerprint density at radius 3 is 2.35 bits per heavy atom. The van der Waals surface area contributed by atoms with Crippen LogP contribution in [-0.4, -0.2) is 17.6 Å². The highest BCUT2D eigenvalue weighted by atomic mass is 32.1. The van der Waals surface area contributed by atoms with Crippen LogP contribution in [-0.2, 0) is 13.5 Å². The van der Waals surface area contributed by atoms with Crippen molar-refractivity contribution in [1.82, 2.24) is 4.57 Å². The average Bonchev–Trinajstić information content (AvgIpc) is 2.68. The Morgan fingerprint density at radius 1 is 1.41 bits per heavy atom. The zero-order chi connectivity index (χ0) is 13.3. The van der Waals surface area contributed by atoms with Crippen LogP contribution in [0.2, 0.25) is 10.6 Å². The van der Waals surface area contributed by atoms with Gasteiger partial charge in [0.05, 0.1) is 0 Å². The van der Waals surface area contributed by atoms with Gasteiger partial charge in [0.2, 0.25) is 0 Å². The van der Waals surface area contributed by atoms with Gasteiger partial charge in [-0.15, -0.1) is 0 Å². The lowest BCUT2D eigenvalue weighted by Crippen LogP contribution is -2.07. The summed E-state index contributed by atoms with van der Waals surface area (Å²) >= 11 is 4.34. The molecule has 1 saturated heterocycles. The van der Waals surface area contributed by atoms with Gasteiger partial charge >= 0.3 is 5.76 Å². The van der Waals surface area contributed by atoms with Crippen LogP contribution in [0, 0.1) is 0 Å². The number of aromatic nitrogens is 1. The van der Waals surface area contributed by atoms with E-state index in [9.17, 15) is 4.79 Å². The Morgan fingerprint density at radius 2 is 2.00 bits per heavy atom. The molecule has 3 nitrogen and oxygen atoms in total. The Labute approximate surface area is 109 Å². The quantitative estimate of drug-likeness (QED) is 0.664. The molecule has 0 aromatic carbocycles. The van der Waals surface area contributed by atoms with Crippen molar-refractivity contribution in [2.45, 2.75) is 44.7 Å². The molecule has 2 atom stereocenters. The normalized spacial score (nSPS) is 30.2. The third-order valence-corrected chi connectivity index (χ3v) is 4.23. The smallest absolute Gasteiger partial charge is 0.413 e. The van der Waals surface area contributed by atoms with Gasteiger partial charge in [0, 0.05) is 19.7 Å². The Balaban J connectivity index is 0.000000686. The highest BCUT2D eigenvalue weighted by Crippen LogP contribution is 2.69. The van der Waals surface area contributed by atoms with Gasteiger partial charge in [0.15, 0.2) is 0 Å². The second-order valence-electron chi connectivity index (χ2n) is 4.89. The van der Waals surface area contributed by atoms with Crippen molar-refractivity contribution in [3.8, 4) is 0 Å². The molecule has 1 aliphatic heterocycles. The minimum Gasteiger partial charge on any atom is -0.413 e. The molecule has 1 radical (unpaired) electrons. The van der Waals surface area contributed by atoms with Crippen LogP contribution in [0.3, 0.4) is 0 Å². The molecule has 2 rings (SSSR count). The summed E-state index contributed by atoms with van der Waals surface area (Å²) in [6.45, 7) is 8.36. The first-order valence-corrected chi connectivity index (χ1v) is 6.67. The van der Waals surface area contributed by atoms with Crippen molar-refractivity contribution >= 4 is 19.9 Å². The van der Waals surface area contributed by atoms with E-state index in [2.05, 4.69) is 33.8 Å². The van der Waals surface area contributed by atoms with Gasteiger partial charge in [-0.2, -0.15) is 12.6 Å². The van der Waals surface area contributed by atoms with Crippen LogP contribution in [0.1, 0.15) is 33.5 Å². The maximum atomic E-state index is 11.1. The summed E-state index contributed by atoms with van der Waals surface area (Å²) < 4.78 is 6.60. The first-order chi connectivity index (χ1) is 7.90. The zero-order valence-corrected chi connectivity index (χ0v) is 12.2. The van der Waals surface area contributed by atoms with Crippen molar-refractivity contribution in [1.29, 1.82) is 0 Å². The lowest BCUT2D eigenvalue weighted by atomic mass is 9.86. The molecule has 1 fully saturated rings. The summed E-state index contributed by atoms with van der Waals surface area (Å²) in [4.78, 5) is 11.1. The van der Waals surface area contributed by atoms with Gasteiger partial charge in [-0.05, 0) is 5.75 Å². The lowest BCUT2D eigenvalue weighted by Gasteiger charge is -2.16. The molecule has 2 unspecified atom stereocenters. The minimum absolute atomic E-state index is 0.117. The maximum absolute atomic E-state index is 11.1. The molecule has 17 heavy (non-hydrogen) atoms. The molecule has 1 aromatic heterocycles. The number of hydrogen-bond donors (Lipinski definition) is 1. The molecule has 1 aromatic rings. The standard InChI is InChI=1S/C10H15BNO2S.C2H6/c1-9(10(2,6-15)11-9)4-7-5-12(3)8(13)14-7;1-2/h5,15H,4,6H2,1-3H3;1-2H3. The van der Waals surface area contributed by atoms with E-state index >= 15 is 0 Å². The molecule has 0 saturated carbocycles. The van der Waals surface area contributed by atoms with Crippen molar-refractivity contribution in [3.05, 3.63) is 22.5 Å². The number of aryl methyl sites for hydroxylation is 1. The average molecular weight is 254 g/mol. The number of nitrogens with zero attached hydrogens (tertiary/aromatic N) is 1. The van der Waals surface area contributed by atoms with Gasteiger partial charge < -0.3 is 4.42 Å². The predicted molar refractivity (Wildman–Crippen MR) is 75.3 cm³/mol. The lowest BCUT2D eigenvalue weighted by molar-refractivity contribution is 0.431. The number of thiol groups is 1. The Hall–Kier alpha value is -0.575. The van der Waals surface area contributed by atoms with Crippen LogP contribution in [0.25, 0.3) is 0 Å². The van der Waals surface area contributed by atoms with E-state index in [4.69, 9.17) is 4.42 Å². The van der Waals surface area contributed by atoms with E-state index in [1.54, 1.807) is 13.2 Å². The summed E-state index contributed by atoms with van der Waals surface area (Å²) in [5.74, 6) is 1.30. The van der Waals surface area contributed by atoms with E-state index in [1.165, 1.54) is 4.57 Å². The van der Waals surface area contributed by atoms with E-state index in [1.807, 2.05) is 13.8 Å². The second kappa shape index (κ2) is 4.97. The van der Waals surface area contributed by atoms with Gasteiger partial charge in [0.25, 0.3) is 0 Å². The van der Waals surface area contributed by atoms with Crippen molar-refractivity contribution < 1.29 is 4.42 Å². The summed E-state index contributed by atoms with van der Waals surface area (Å²) in [7, 11) is 3.98. The molecule has 0 N–H and O–H groups in total. The van der Waals surface area contributed by atoms with Crippen LogP contribution in [0.15, 0.2) is 15.4 Å². The molecule has 95 valence electrons. The van der Waals surface area contributed by atoms with Crippen LogP contribution < -0.4 is 5.76 Å². The first kappa shape index (κ1) is 14.5. The highest BCUT2D eigenvalue weighted by molar-refractivity contribution is 7.80. The van der Waals surface area contributed by atoms with E-state index in [0.29, 0.717) is 0 Å². The van der Waals surface area contributed by atoms with Crippen LogP contribution in [0.4, 0.5) is 0 Å². The fraction of sp³-hybridized carbons (Fsp3) is 0.750. The molecular formula is C12H21BNO2S. The minimum atomic E-state index is -0.290. The summed E-state index contributed by atoms with van der Waals surface area (Å²) in [5, 5.41) is 0.288. The third-order valence-electron chi connectivity index (χ3n) is 3.57. The highest BCUT2D eigenvalue weighted by Gasteiger charge is 2.60. The molecule has 0 spiro atoms. The third kappa shape index (κ3) is 2.64. The number of hydrogen-bond acceptors (Lipinski definition) is 3. The SMILES string of the molecule is CC.Cn1cc(CC2(C)[B]C2(C)CS)oc1=O. The van der Waals surface area contributed by atoms with Crippen molar-refractivity contribution in [2.24, 2.45) is 7.05 Å². The van der Waals surface area contributed by atoms with E-state index in [-0.39, 0.29) is 16.4 Å². The van der Waals surface area contributed by atoms with Gasteiger partial charge in [-0.1, -0.05) is 38.3 Å². The maximum Gasteiger partial charge on any atom is 0.418 e. The Kier molecular flexibility index (Phi) is 4.23. The fourth-order valence-electron chi connectivity index (χ4n) is 2.07. The van der Waals surface area contributed by atoms with Gasteiger partial charge in [-0.3, -0.25) is 4.57 Å². The van der Waals surface area contributed by atoms with Gasteiger partial charge in [-0.25, -0.2) is 4.79 Å². The van der Waals surface area contributed by atoms with Crippen LogP contribution in [0.5, 0.6) is 0 Å². The summed E-state index contributed by atoms with van der Waals surface area (Å²) in [6, 6.07) is 0. The molecule has 2 heterocycles. The van der Waals surface area contributed by atoms with E-state index in [0.717, 1.165) is 17.9 Å². The molecule has 0 bridgehead atoms. The Bertz CT molecular complexity index is 442. The van der Waals surface area contributed by atoms with Crippen molar-refractivity contribution in [2.75, 3.05) is 5.75 Å². The fourth-order valence-corrected chi connectivity index (χ4v) is 2.52. The van der Waals surface area contributed by atoms with Gasteiger partial charge in [0.1, 0.15) is 13.0 Å². The molecular weight excluding hydrogens is 233 g/mol. The summed E-state index contributed by atoms with van der Waals surface area (Å²) in [6.07, 6.45) is 2.54. The summed E-state index contributed by atoms with van der Waals surface area (Å²) in [5.41, 5.74) is 0. The van der Waals surface area contributed by atoms with E-state index < -0.39 is 0 Å². The second-order valence-corrected chi connectivity index (χ2v) is 5.20. The predicted octanol–water partition coefficient (Wildman–Crippen LogP) is 2.55. The van der Waals surface area contributed by atoms with Crippen LogP contribution >= 0.6 is 12.6 Å². The largest absolute Gasteiger partial charge is 0.418 e. The van der Waals surface area contributed by atoms with Crippen molar-refractivity contribution in [3.63, 3.8) is 0 Å². The molecule has 5 heteroatoms. The topological polar surface area (TPSA) is 35.1 Å². The zero-order valence-electron chi connectivity index (χ0n) is 11.3. The monoisotopic (exact) mass is 254 g/mol. The molecule has 0 aliphatic carbocycles. The molecule has 1 aliphatic rings. The number of oxazole rings is 1.